The van der Waals surface area contributed by atoms with Crippen molar-refractivity contribution in [1.82, 2.24) is 9.73 Å². The number of sulfonamides is 1. The van der Waals surface area contributed by atoms with E-state index < -0.39 is 10.0 Å². The van der Waals surface area contributed by atoms with E-state index in [0.717, 1.165) is 5.56 Å². The Kier molecular flexibility index (Phi) is 7.61. The second-order valence-electron chi connectivity index (χ2n) is 6.88. The number of phenols is 1. The minimum absolute atomic E-state index is 0.0168. The summed E-state index contributed by atoms with van der Waals surface area (Å²) < 4.78 is 36.8. The maximum Gasteiger partial charge on any atom is 0.243 e. The van der Waals surface area contributed by atoms with Crippen molar-refractivity contribution in [3.05, 3.63) is 53.6 Å². The third-order valence-electron chi connectivity index (χ3n) is 4.78. The fraction of sp³-hybridized carbons (Fsp3) is 0.333. The number of hydrazone groups is 1. The van der Waals surface area contributed by atoms with Crippen LogP contribution in [0.5, 0.6) is 11.5 Å². The molecule has 3 rings (SSSR count). The van der Waals surface area contributed by atoms with Crippen LogP contribution in [0.15, 0.2) is 52.5 Å². The second kappa shape index (κ2) is 10.4. The van der Waals surface area contributed by atoms with E-state index >= 15 is 0 Å². The van der Waals surface area contributed by atoms with Gasteiger partial charge in [-0.3, -0.25) is 4.79 Å². The number of ether oxygens (including phenoxy) is 2. The molecule has 1 heterocycles. The molecule has 1 aliphatic heterocycles. The summed E-state index contributed by atoms with van der Waals surface area (Å²) in [6, 6.07) is 11.3. The van der Waals surface area contributed by atoms with Gasteiger partial charge in [-0.15, -0.1) is 0 Å². The monoisotopic (exact) mass is 447 g/mol. The van der Waals surface area contributed by atoms with Crippen LogP contribution in [0.25, 0.3) is 0 Å². The highest BCUT2D eigenvalue weighted by Gasteiger charge is 2.26. The van der Waals surface area contributed by atoms with Crippen molar-refractivity contribution in [2.75, 3.05) is 33.4 Å². The third-order valence-corrected chi connectivity index (χ3v) is 6.69. The lowest BCUT2D eigenvalue weighted by atomic mass is 10.1. The van der Waals surface area contributed by atoms with Gasteiger partial charge in [-0.1, -0.05) is 12.1 Å². The Morgan fingerprint density at radius 3 is 2.58 bits per heavy atom. The number of phenolic OH excluding ortho intramolecular Hbond substituents is 1. The Hall–Kier alpha value is -2.95. The number of amides is 1. The zero-order chi connectivity index (χ0) is 22.3. The summed E-state index contributed by atoms with van der Waals surface area (Å²) in [7, 11) is -2.07. The smallest absolute Gasteiger partial charge is 0.243 e. The number of hydrogen-bond acceptors (Lipinski definition) is 7. The van der Waals surface area contributed by atoms with Crippen LogP contribution in [-0.2, 0) is 26.0 Å². The average Bonchev–Trinajstić information content (AvgIpc) is 2.79. The molecule has 0 unspecified atom stereocenters. The van der Waals surface area contributed by atoms with Gasteiger partial charge in [0.25, 0.3) is 0 Å². The van der Waals surface area contributed by atoms with Crippen LogP contribution in [0.3, 0.4) is 0 Å². The summed E-state index contributed by atoms with van der Waals surface area (Å²) in [6.45, 7) is 1.49. The standard InChI is InChI=1S/C21H25N3O6S/c1-29-20-8-4-17(14-19(20)25)15-22-23-21(26)9-5-16-2-6-18(7-3-16)31(27,28)24-10-12-30-13-11-24/h2-4,6-8,14-15,25H,5,9-13H2,1H3,(H,23,26)/b22-15+. The minimum Gasteiger partial charge on any atom is -0.504 e. The number of aryl methyl sites for hydroxylation is 1. The van der Waals surface area contributed by atoms with Crippen molar-refractivity contribution in [1.29, 1.82) is 0 Å². The minimum atomic E-state index is -3.53. The van der Waals surface area contributed by atoms with Gasteiger partial charge in [0.05, 0.1) is 31.4 Å². The van der Waals surface area contributed by atoms with E-state index in [9.17, 15) is 18.3 Å². The topological polar surface area (TPSA) is 118 Å². The van der Waals surface area contributed by atoms with Crippen molar-refractivity contribution < 1.29 is 27.8 Å². The Balaban J connectivity index is 1.49. The highest BCUT2D eigenvalue weighted by atomic mass is 32.2. The first-order chi connectivity index (χ1) is 14.9. The van der Waals surface area contributed by atoms with Gasteiger partial charge >= 0.3 is 0 Å². The van der Waals surface area contributed by atoms with Gasteiger partial charge in [0.2, 0.25) is 15.9 Å². The Morgan fingerprint density at radius 1 is 1.23 bits per heavy atom. The molecule has 0 atom stereocenters. The molecule has 1 amide bonds. The van der Waals surface area contributed by atoms with Crippen LogP contribution in [0, 0.1) is 0 Å². The van der Waals surface area contributed by atoms with Gasteiger partial charge in [0.15, 0.2) is 11.5 Å². The fourth-order valence-corrected chi connectivity index (χ4v) is 4.45. The number of methoxy groups -OCH3 is 1. The molecule has 0 saturated carbocycles. The molecule has 166 valence electrons. The van der Waals surface area contributed by atoms with E-state index in [1.165, 1.54) is 23.7 Å². The predicted octanol–water partition coefficient (Wildman–Crippen LogP) is 1.50. The normalized spacial score (nSPS) is 15.1. The summed E-state index contributed by atoms with van der Waals surface area (Å²) in [5.74, 6) is 0.0563. The van der Waals surface area contributed by atoms with Gasteiger partial charge in [-0.25, -0.2) is 13.8 Å². The fourth-order valence-electron chi connectivity index (χ4n) is 3.04. The molecule has 2 N–H and O–H groups in total. The number of nitrogens with zero attached hydrogens (tertiary/aromatic N) is 2. The number of aromatic hydroxyl groups is 1. The molecular weight excluding hydrogens is 422 g/mol. The molecule has 0 aromatic heterocycles. The Morgan fingerprint density at radius 2 is 1.94 bits per heavy atom. The molecule has 10 heteroatoms. The molecule has 2 aromatic rings. The van der Waals surface area contributed by atoms with Crippen molar-refractivity contribution in [3.63, 3.8) is 0 Å². The van der Waals surface area contributed by atoms with Crippen molar-refractivity contribution in [3.8, 4) is 11.5 Å². The van der Waals surface area contributed by atoms with E-state index in [4.69, 9.17) is 9.47 Å². The van der Waals surface area contributed by atoms with E-state index in [1.54, 1.807) is 36.4 Å². The van der Waals surface area contributed by atoms with Gasteiger partial charge in [-0.2, -0.15) is 9.41 Å². The second-order valence-corrected chi connectivity index (χ2v) is 8.82. The van der Waals surface area contributed by atoms with E-state index in [2.05, 4.69) is 10.5 Å². The molecule has 1 fully saturated rings. The molecule has 31 heavy (non-hydrogen) atoms. The number of nitrogens with one attached hydrogen (secondary N) is 1. The number of carbonyl (C=O) groups excluding carboxylic acids is 1. The van der Waals surface area contributed by atoms with Crippen LogP contribution in [0.2, 0.25) is 0 Å². The molecule has 1 saturated heterocycles. The van der Waals surface area contributed by atoms with Crippen LogP contribution in [-0.4, -0.2) is 63.4 Å². The molecular formula is C21H25N3O6S. The first-order valence-electron chi connectivity index (χ1n) is 9.76. The van der Waals surface area contributed by atoms with Gasteiger partial charge in [-0.05, 0) is 47.9 Å². The van der Waals surface area contributed by atoms with Crippen LogP contribution in [0.4, 0.5) is 0 Å². The average molecular weight is 448 g/mol. The first-order valence-corrected chi connectivity index (χ1v) is 11.2. The van der Waals surface area contributed by atoms with Crippen LogP contribution >= 0.6 is 0 Å². The molecule has 2 aromatic carbocycles. The van der Waals surface area contributed by atoms with Gasteiger partial charge in [0.1, 0.15) is 0 Å². The number of carbonyl (C=O) groups is 1. The lowest BCUT2D eigenvalue weighted by Crippen LogP contribution is -2.40. The van der Waals surface area contributed by atoms with Crippen LogP contribution < -0.4 is 10.2 Å². The highest BCUT2D eigenvalue weighted by Crippen LogP contribution is 2.25. The van der Waals surface area contributed by atoms with E-state index in [0.29, 0.717) is 44.0 Å². The lowest BCUT2D eigenvalue weighted by molar-refractivity contribution is -0.121. The predicted molar refractivity (Wildman–Crippen MR) is 115 cm³/mol. The van der Waals surface area contributed by atoms with Crippen molar-refractivity contribution in [2.24, 2.45) is 5.10 Å². The van der Waals surface area contributed by atoms with E-state index in [1.807, 2.05) is 0 Å². The number of rotatable bonds is 8. The van der Waals surface area contributed by atoms with Crippen LogP contribution in [0.1, 0.15) is 17.5 Å². The number of hydrogen-bond donors (Lipinski definition) is 2. The molecule has 0 bridgehead atoms. The Bertz CT molecular complexity index is 1030. The SMILES string of the molecule is COc1ccc(/C=N/NC(=O)CCc2ccc(S(=O)(=O)N3CCOCC3)cc2)cc1O. The maximum absolute atomic E-state index is 12.6. The van der Waals surface area contributed by atoms with Gasteiger partial charge in [0, 0.05) is 19.5 Å². The maximum atomic E-state index is 12.6. The van der Waals surface area contributed by atoms with Gasteiger partial charge < -0.3 is 14.6 Å². The summed E-state index contributed by atoms with van der Waals surface area (Å²) in [5, 5.41) is 13.6. The first kappa shape index (κ1) is 22.7. The summed E-state index contributed by atoms with van der Waals surface area (Å²) in [5.41, 5.74) is 3.89. The summed E-state index contributed by atoms with van der Waals surface area (Å²) in [4.78, 5) is 12.2. The zero-order valence-corrected chi connectivity index (χ0v) is 18.0. The molecule has 1 aliphatic rings. The van der Waals surface area contributed by atoms with Crippen molar-refractivity contribution >= 4 is 22.1 Å². The zero-order valence-electron chi connectivity index (χ0n) is 17.2. The lowest BCUT2D eigenvalue weighted by Gasteiger charge is -2.26. The molecule has 0 spiro atoms. The highest BCUT2D eigenvalue weighted by molar-refractivity contribution is 7.89. The summed E-state index contributed by atoms with van der Waals surface area (Å²) >= 11 is 0. The van der Waals surface area contributed by atoms with Crippen molar-refractivity contribution in [2.45, 2.75) is 17.7 Å². The number of morpholine rings is 1. The Labute approximate surface area is 181 Å². The third kappa shape index (κ3) is 6.03. The number of benzene rings is 2. The molecule has 0 aliphatic carbocycles. The van der Waals surface area contributed by atoms with E-state index in [-0.39, 0.29) is 23.0 Å². The molecule has 0 radical (unpaired) electrons. The quantitative estimate of drug-likeness (QED) is 0.468. The molecule has 9 nitrogen and oxygen atoms in total. The summed E-state index contributed by atoms with van der Waals surface area (Å²) in [6.07, 6.45) is 2.06. The largest absolute Gasteiger partial charge is 0.504 e.